The van der Waals surface area contributed by atoms with E-state index in [2.05, 4.69) is 34.7 Å². The molecule has 1 aliphatic heterocycles. The number of benzene rings is 2. The predicted octanol–water partition coefficient (Wildman–Crippen LogP) is 6.41. The SMILES string of the molecule is Clc1ccc([C@H]2CC(c3cccs3)=NN2c2ccccc2)c(Cl)c1. The van der Waals surface area contributed by atoms with Gasteiger partial charge in [0.1, 0.15) is 0 Å². The molecule has 0 unspecified atom stereocenters. The molecule has 0 aliphatic carbocycles. The van der Waals surface area contributed by atoms with Gasteiger partial charge in [0, 0.05) is 16.5 Å². The van der Waals surface area contributed by atoms with E-state index in [1.165, 1.54) is 4.88 Å². The summed E-state index contributed by atoms with van der Waals surface area (Å²) in [7, 11) is 0. The number of hydrogen-bond acceptors (Lipinski definition) is 3. The van der Waals surface area contributed by atoms with Gasteiger partial charge in [0.2, 0.25) is 0 Å². The van der Waals surface area contributed by atoms with Crippen LogP contribution in [0.4, 0.5) is 5.69 Å². The fourth-order valence-electron chi connectivity index (χ4n) is 2.93. The average Bonchev–Trinajstić information content (AvgIpc) is 3.25. The zero-order valence-corrected chi connectivity index (χ0v) is 15.0. The molecule has 2 aromatic carbocycles. The third-order valence-electron chi connectivity index (χ3n) is 4.06. The van der Waals surface area contributed by atoms with Crippen molar-refractivity contribution in [3.8, 4) is 0 Å². The summed E-state index contributed by atoms with van der Waals surface area (Å²) in [4.78, 5) is 1.20. The summed E-state index contributed by atoms with van der Waals surface area (Å²) in [6.45, 7) is 0. The summed E-state index contributed by atoms with van der Waals surface area (Å²) in [6.07, 6.45) is 0.816. The molecule has 1 aliphatic rings. The Balaban J connectivity index is 1.78. The van der Waals surface area contributed by atoms with Gasteiger partial charge in [-0.2, -0.15) is 5.10 Å². The molecule has 24 heavy (non-hydrogen) atoms. The standard InChI is InChI=1S/C19H14Cl2N2S/c20-13-8-9-15(16(21)11-13)18-12-17(19-7-4-10-24-19)22-23(18)14-5-2-1-3-6-14/h1-11,18H,12H2/t18-/m1/s1. The topological polar surface area (TPSA) is 15.6 Å². The Kier molecular flexibility index (Phi) is 4.31. The smallest absolute Gasteiger partial charge is 0.0846 e. The molecule has 5 heteroatoms. The van der Waals surface area contributed by atoms with Gasteiger partial charge in [0.05, 0.1) is 22.3 Å². The average molecular weight is 373 g/mol. The van der Waals surface area contributed by atoms with E-state index in [9.17, 15) is 0 Å². The van der Waals surface area contributed by atoms with E-state index in [0.717, 1.165) is 23.4 Å². The summed E-state index contributed by atoms with van der Waals surface area (Å²) in [6, 6.07) is 20.1. The normalized spacial score (nSPS) is 17.2. The lowest BCUT2D eigenvalue weighted by atomic mass is 10.0. The van der Waals surface area contributed by atoms with Crippen molar-refractivity contribution >= 4 is 45.9 Å². The Bertz CT molecular complexity index is 876. The molecule has 0 saturated heterocycles. The lowest BCUT2D eigenvalue weighted by molar-refractivity contribution is 0.709. The number of hydrazone groups is 1. The lowest BCUT2D eigenvalue weighted by Gasteiger charge is -2.24. The number of anilines is 1. The second kappa shape index (κ2) is 6.60. The minimum Gasteiger partial charge on any atom is -0.257 e. The van der Waals surface area contributed by atoms with Crippen LogP contribution < -0.4 is 5.01 Å². The maximum atomic E-state index is 6.48. The number of halogens is 2. The Morgan fingerprint density at radius 1 is 1.00 bits per heavy atom. The quantitative estimate of drug-likeness (QED) is 0.518. The van der Waals surface area contributed by atoms with Crippen LogP contribution >= 0.6 is 34.5 Å². The van der Waals surface area contributed by atoms with Crippen molar-refractivity contribution in [1.82, 2.24) is 0 Å². The summed E-state index contributed by atoms with van der Waals surface area (Å²) in [5, 5.41) is 10.3. The van der Waals surface area contributed by atoms with Gasteiger partial charge in [-0.1, -0.05) is 53.5 Å². The molecule has 0 radical (unpaired) electrons. The molecule has 1 aromatic heterocycles. The van der Waals surface area contributed by atoms with Crippen LogP contribution in [0.1, 0.15) is 22.9 Å². The molecule has 0 fully saturated rings. The molecule has 2 heterocycles. The molecule has 0 bridgehead atoms. The maximum absolute atomic E-state index is 6.48. The third-order valence-corrected chi connectivity index (χ3v) is 5.54. The van der Waals surface area contributed by atoms with E-state index >= 15 is 0 Å². The molecule has 0 amide bonds. The summed E-state index contributed by atoms with van der Waals surface area (Å²) in [5.41, 5.74) is 3.19. The highest BCUT2D eigenvalue weighted by Gasteiger charge is 2.31. The summed E-state index contributed by atoms with van der Waals surface area (Å²) >= 11 is 14.2. The molecule has 1 atom stereocenters. The van der Waals surface area contributed by atoms with Crippen LogP contribution in [-0.2, 0) is 0 Å². The van der Waals surface area contributed by atoms with Crippen molar-refractivity contribution in [3.63, 3.8) is 0 Å². The third kappa shape index (κ3) is 2.95. The van der Waals surface area contributed by atoms with Crippen LogP contribution in [0.3, 0.4) is 0 Å². The minimum absolute atomic E-state index is 0.0641. The van der Waals surface area contributed by atoms with Crippen molar-refractivity contribution in [1.29, 1.82) is 0 Å². The highest BCUT2D eigenvalue weighted by atomic mass is 35.5. The van der Waals surface area contributed by atoms with E-state index < -0.39 is 0 Å². The first-order valence-corrected chi connectivity index (χ1v) is 9.26. The summed E-state index contributed by atoms with van der Waals surface area (Å²) < 4.78 is 0. The van der Waals surface area contributed by atoms with E-state index in [0.29, 0.717) is 10.0 Å². The Morgan fingerprint density at radius 3 is 2.54 bits per heavy atom. The fourth-order valence-corrected chi connectivity index (χ4v) is 4.19. The van der Waals surface area contributed by atoms with Gasteiger partial charge in [-0.25, -0.2) is 0 Å². The minimum atomic E-state index is 0.0641. The predicted molar refractivity (Wildman–Crippen MR) is 104 cm³/mol. The van der Waals surface area contributed by atoms with Crippen LogP contribution in [0, 0.1) is 0 Å². The van der Waals surface area contributed by atoms with Crippen LogP contribution in [0.15, 0.2) is 71.1 Å². The molecular formula is C19H14Cl2N2S. The largest absolute Gasteiger partial charge is 0.257 e. The zero-order chi connectivity index (χ0) is 16.5. The van der Waals surface area contributed by atoms with Crippen molar-refractivity contribution in [3.05, 3.63) is 86.5 Å². The van der Waals surface area contributed by atoms with Crippen LogP contribution in [0.2, 0.25) is 10.0 Å². The first kappa shape index (κ1) is 15.7. The van der Waals surface area contributed by atoms with Gasteiger partial charge in [-0.05, 0) is 41.3 Å². The molecule has 0 N–H and O–H groups in total. The first-order valence-electron chi connectivity index (χ1n) is 7.63. The van der Waals surface area contributed by atoms with Gasteiger partial charge in [0.25, 0.3) is 0 Å². The molecular weight excluding hydrogens is 359 g/mol. The second-order valence-electron chi connectivity index (χ2n) is 5.59. The molecule has 4 rings (SSSR count). The first-order chi connectivity index (χ1) is 11.7. The zero-order valence-electron chi connectivity index (χ0n) is 12.7. The number of thiophene rings is 1. The Hall–Kier alpha value is -1.81. The highest BCUT2D eigenvalue weighted by molar-refractivity contribution is 7.12. The Morgan fingerprint density at radius 2 is 1.83 bits per heavy atom. The molecule has 2 nitrogen and oxygen atoms in total. The van der Waals surface area contributed by atoms with E-state index in [1.54, 1.807) is 17.4 Å². The Labute approximate surface area is 155 Å². The monoisotopic (exact) mass is 372 g/mol. The lowest BCUT2D eigenvalue weighted by Crippen LogP contribution is -2.18. The van der Waals surface area contributed by atoms with Crippen molar-refractivity contribution in [2.75, 3.05) is 5.01 Å². The second-order valence-corrected chi connectivity index (χ2v) is 7.38. The van der Waals surface area contributed by atoms with Gasteiger partial charge >= 0.3 is 0 Å². The van der Waals surface area contributed by atoms with E-state index in [1.807, 2.05) is 30.3 Å². The van der Waals surface area contributed by atoms with Gasteiger partial charge < -0.3 is 0 Å². The van der Waals surface area contributed by atoms with Crippen molar-refractivity contribution in [2.24, 2.45) is 5.10 Å². The highest BCUT2D eigenvalue weighted by Crippen LogP contribution is 2.40. The van der Waals surface area contributed by atoms with Crippen LogP contribution in [-0.4, -0.2) is 5.71 Å². The molecule has 3 aromatic rings. The molecule has 0 saturated carbocycles. The number of rotatable bonds is 3. The van der Waals surface area contributed by atoms with Crippen molar-refractivity contribution < 1.29 is 0 Å². The summed E-state index contributed by atoms with van der Waals surface area (Å²) in [5.74, 6) is 0. The number of hydrogen-bond donors (Lipinski definition) is 0. The van der Waals surface area contributed by atoms with Gasteiger partial charge in [0.15, 0.2) is 0 Å². The van der Waals surface area contributed by atoms with E-state index in [-0.39, 0.29) is 6.04 Å². The number of para-hydroxylation sites is 1. The van der Waals surface area contributed by atoms with E-state index in [4.69, 9.17) is 28.3 Å². The maximum Gasteiger partial charge on any atom is 0.0846 e. The molecule has 120 valence electrons. The number of nitrogens with zero attached hydrogens (tertiary/aromatic N) is 2. The fraction of sp³-hybridized carbons (Fsp3) is 0.105. The molecule has 0 spiro atoms. The van der Waals surface area contributed by atoms with Gasteiger partial charge in [-0.3, -0.25) is 5.01 Å². The van der Waals surface area contributed by atoms with Crippen LogP contribution in [0.5, 0.6) is 0 Å². The van der Waals surface area contributed by atoms with Crippen LogP contribution in [0.25, 0.3) is 0 Å². The van der Waals surface area contributed by atoms with Gasteiger partial charge in [-0.15, -0.1) is 11.3 Å². The van der Waals surface area contributed by atoms with Crippen molar-refractivity contribution in [2.45, 2.75) is 12.5 Å².